The summed E-state index contributed by atoms with van der Waals surface area (Å²) in [6.07, 6.45) is -11.5. The average molecular weight is 362 g/mol. The fourth-order valence-corrected chi connectivity index (χ4v) is 2.56. The number of hydrogen-bond acceptors (Lipinski definition) is 3. The summed E-state index contributed by atoms with van der Waals surface area (Å²) in [6.45, 7) is 0. The highest BCUT2D eigenvalue weighted by molar-refractivity contribution is 5.94. The molecular weight excluding hydrogens is 354 g/mol. The molecule has 2 aromatic rings. The maximum atomic E-state index is 12.9. The SMILES string of the molecule is O=C1O[C@@H](c2cc(C(F)(F)F)cc(C(F)(F)F)c2)c2cc(O)ccc21. The Morgan fingerprint density at radius 1 is 0.880 bits per heavy atom. The molecule has 3 nitrogen and oxygen atoms in total. The van der Waals surface area contributed by atoms with Gasteiger partial charge in [0.05, 0.1) is 16.7 Å². The molecule has 2 aromatic carbocycles. The Balaban J connectivity index is 2.19. The van der Waals surface area contributed by atoms with Gasteiger partial charge < -0.3 is 9.84 Å². The van der Waals surface area contributed by atoms with Crippen LogP contribution in [0.3, 0.4) is 0 Å². The summed E-state index contributed by atoms with van der Waals surface area (Å²) in [5.74, 6) is -1.20. The van der Waals surface area contributed by atoms with Gasteiger partial charge in [0, 0.05) is 5.56 Å². The van der Waals surface area contributed by atoms with E-state index < -0.39 is 41.1 Å². The first kappa shape index (κ1) is 17.1. The van der Waals surface area contributed by atoms with Crippen LogP contribution in [0.5, 0.6) is 5.75 Å². The Morgan fingerprint density at radius 3 is 1.96 bits per heavy atom. The Labute approximate surface area is 136 Å². The highest BCUT2D eigenvalue weighted by Crippen LogP contribution is 2.42. The number of carbonyl (C=O) groups is 1. The van der Waals surface area contributed by atoms with Crippen molar-refractivity contribution in [3.05, 3.63) is 64.2 Å². The van der Waals surface area contributed by atoms with Crippen LogP contribution in [-0.4, -0.2) is 11.1 Å². The minimum absolute atomic E-state index is 0.00236. The van der Waals surface area contributed by atoms with Crippen LogP contribution in [0.15, 0.2) is 36.4 Å². The number of carbonyl (C=O) groups excluding carboxylic acids is 1. The van der Waals surface area contributed by atoms with Crippen molar-refractivity contribution in [1.82, 2.24) is 0 Å². The number of esters is 1. The van der Waals surface area contributed by atoms with Gasteiger partial charge in [0.15, 0.2) is 6.10 Å². The zero-order valence-electron chi connectivity index (χ0n) is 12.1. The third-order valence-corrected chi connectivity index (χ3v) is 3.68. The number of alkyl halides is 6. The maximum Gasteiger partial charge on any atom is 0.416 e. The fraction of sp³-hybridized carbons (Fsp3) is 0.188. The molecule has 132 valence electrons. The average Bonchev–Trinajstić information content (AvgIpc) is 2.81. The second-order valence-corrected chi connectivity index (χ2v) is 5.40. The zero-order chi connectivity index (χ0) is 18.6. The highest BCUT2D eigenvalue weighted by atomic mass is 19.4. The molecule has 0 fully saturated rings. The van der Waals surface area contributed by atoms with Crippen LogP contribution in [0.2, 0.25) is 0 Å². The highest BCUT2D eigenvalue weighted by Gasteiger charge is 2.40. The summed E-state index contributed by atoms with van der Waals surface area (Å²) in [4.78, 5) is 11.8. The molecule has 0 saturated heterocycles. The molecule has 1 aliphatic heterocycles. The van der Waals surface area contributed by atoms with Gasteiger partial charge in [-0.05, 0) is 42.0 Å². The molecule has 0 unspecified atom stereocenters. The molecule has 0 radical (unpaired) electrons. The largest absolute Gasteiger partial charge is 0.508 e. The van der Waals surface area contributed by atoms with Crippen LogP contribution in [0.1, 0.15) is 38.7 Å². The van der Waals surface area contributed by atoms with Crippen LogP contribution < -0.4 is 0 Å². The van der Waals surface area contributed by atoms with Crippen LogP contribution >= 0.6 is 0 Å². The van der Waals surface area contributed by atoms with E-state index >= 15 is 0 Å². The predicted molar refractivity (Wildman–Crippen MR) is 71.8 cm³/mol. The molecule has 0 bridgehead atoms. The monoisotopic (exact) mass is 362 g/mol. The van der Waals surface area contributed by atoms with Gasteiger partial charge in [-0.2, -0.15) is 26.3 Å². The minimum atomic E-state index is -5.01. The van der Waals surface area contributed by atoms with Gasteiger partial charge in [-0.15, -0.1) is 0 Å². The van der Waals surface area contributed by atoms with Gasteiger partial charge in [-0.1, -0.05) is 0 Å². The van der Waals surface area contributed by atoms with Crippen LogP contribution in [0.4, 0.5) is 26.3 Å². The fourth-order valence-electron chi connectivity index (χ4n) is 2.56. The standard InChI is InChI=1S/C16H8F6O3/c17-15(18,19)8-3-7(4-9(5-8)16(20,21)22)13-12-6-10(23)1-2-11(12)14(24)25-13/h1-6,13,23H/t13-/m0/s1. The second kappa shape index (κ2) is 5.40. The molecule has 25 heavy (non-hydrogen) atoms. The van der Waals surface area contributed by atoms with Crippen molar-refractivity contribution in [1.29, 1.82) is 0 Å². The van der Waals surface area contributed by atoms with E-state index in [1.165, 1.54) is 6.07 Å². The number of phenolic OH excluding ortho intramolecular Hbond substituents is 1. The topological polar surface area (TPSA) is 46.5 Å². The van der Waals surface area contributed by atoms with E-state index in [2.05, 4.69) is 0 Å². The third kappa shape index (κ3) is 3.13. The van der Waals surface area contributed by atoms with E-state index in [0.717, 1.165) is 12.1 Å². The van der Waals surface area contributed by atoms with E-state index in [1.54, 1.807) is 0 Å². The molecule has 0 amide bonds. The van der Waals surface area contributed by atoms with Crippen LogP contribution in [0.25, 0.3) is 0 Å². The van der Waals surface area contributed by atoms with Crippen LogP contribution in [-0.2, 0) is 17.1 Å². The van der Waals surface area contributed by atoms with E-state index in [0.29, 0.717) is 12.1 Å². The smallest absolute Gasteiger partial charge is 0.416 e. The van der Waals surface area contributed by atoms with Crippen molar-refractivity contribution >= 4 is 5.97 Å². The normalized spacial score (nSPS) is 17.4. The van der Waals surface area contributed by atoms with E-state index in [9.17, 15) is 36.2 Å². The number of phenols is 1. The van der Waals surface area contributed by atoms with Crippen molar-refractivity contribution < 1.29 is 41.0 Å². The number of cyclic esters (lactones) is 1. The van der Waals surface area contributed by atoms with Crippen molar-refractivity contribution in [2.45, 2.75) is 18.5 Å². The maximum absolute atomic E-state index is 12.9. The molecule has 1 atom stereocenters. The number of fused-ring (bicyclic) bond motifs is 1. The van der Waals surface area contributed by atoms with Crippen LogP contribution in [0, 0.1) is 0 Å². The first-order valence-corrected chi connectivity index (χ1v) is 6.80. The van der Waals surface area contributed by atoms with Crippen molar-refractivity contribution in [2.24, 2.45) is 0 Å². The lowest BCUT2D eigenvalue weighted by Gasteiger charge is -2.17. The molecule has 0 aromatic heterocycles. The van der Waals surface area contributed by atoms with Crippen molar-refractivity contribution in [3.63, 3.8) is 0 Å². The van der Waals surface area contributed by atoms with E-state index in [-0.39, 0.29) is 22.9 Å². The lowest BCUT2D eigenvalue weighted by atomic mass is 9.95. The molecule has 1 N–H and O–H groups in total. The van der Waals surface area contributed by atoms with Gasteiger partial charge in [0.25, 0.3) is 0 Å². The Hall–Kier alpha value is -2.71. The molecule has 0 aliphatic carbocycles. The van der Waals surface area contributed by atoms with Gasteiger partial charge in [0.1, 0.15) is 5.75 Å². The Kier molecular flexibility index (Phi) is 3.70. The van der Waals surface area contributed by atoms with Gasteiger partial charge in [-0.3, -0.25) is 0 Å². The zero-order valence-corrected chi connectivity index (χ0v) is 12.1. The first-order chi connectivity index (χ1) is 11.5. The molecule has 0 saturated carbocycles. The van der Waals surface area contributed by atoms with E-state index in [4.69, 9.17) is 4.74 Å². The predicted octanol–water partition coefficient (Wildman–Crippen LogP) is 4.69. The lowest BCUT2D eigenvalue weighted by Crippen LogP contribution is -2.13. The Morgan fingerprint density at radius 2 is 1.44 bits per heavy atom. The molecule has 9 heteroatoms. The molecular formula is C16H8F6O3. The number of rotatable bonds is 1. The molecule has 0 spiro atoms. The third-order valence-electron chi connectivity index (χ3n) is 3.68. The lowest BCUT2D eigenvalue weighted by molar-refractivity contribution is -0.143. The number of halogens is 6. The number of hydrogen-bond donors (Lipinski definition) is 1. The quantitative estimate of drug-likeness (QED) is 0.591. The van der Waals surface area contributed by atoms with Gasteiger partial charge >= 0.3 is 18.3 Å². The van der Waals surface area contributed by atoms with Crippen molar-refractivity contribution in [2.75, 3.05) is 0 Å². The number of ether oxygens (including phenoxy) is 1. The summed E-state index contributed by atoms with van der Waals surface area (Å²) in [5, 5.41) is 9.49. The minimum Gasteiger partial charge on any atom is -0.508 e. The number of aromatic hydroxyl groups is 1. The van der Waals surface area contributed by atoms with Gasteiger partial charge in [-0.25, -0.2) is 4.79 Å². The van der Waals surface area contributed by atoms with Gasteiger partial charge in [0.2, 0.25) is 0 Å². The summed E-state index contributed by atoms with van der Waals surface area (Å²) < 4.78 is 82.6. The summed E-state index contributed by atoms with van der Waals surface area (Å²) in [7, 11) is 0. The Bertz CT molecular complexity index is 822. The first-order valence-electron chi connectivity index (χ1n) is 6.80. The molecule has 1 aliphatic rings. The summed E-state index contributed by atoms with van der Waals surface area (Å²) in [5.41, 5.74) is -3.55. The summed E-state index contributed by atoms with van der Waals surface area (Å²) in [6, 6.07) is 4.39. The molecule has 1 heterocycles. The van der Waals surface area contributed by atoms with E-state index in [1.807, 2.05) is 0 Å². The number of benzene rings is 2. The molecule has 3 rings (SSSR count). The van der Waals surface area contributed by atoms with Crippen molar-refractivity contribution in [3.8, 4) is 5.75 Å². The second-order valence-electron chi connectivity index (χ2n) is 5.40. The summed E-state index contributed by atoms with van der Waals surface area (Å²) >= 11 is 0.